The third kappa shape index (κ3) is 5.14. The number of halogens is 3. The van der Waals surface area contributed by atoms with Gasteiger partial charge in [-0.05, 0) is 51.8 Å². The van der Waals surface area contributed by atoms with Crippen molar-refractivity contribution in [2.75, 3.05) is 6.61 Å². The Morgan fingerprint density at radius 3 is 2.39 bits per heavy atom. The Kier molecular flexibility index (Phi) is 5.81. The highest BCUT2D eigenvalue weighted by molar-refractivity contribution is 9.10. The summed E-state index contributed by atoms with van der Waals surface area (Å²) in [5.74, 6) is -2.28. The van der Waals surface area contributed by atoms with Crippen LogP contribution in [-0.2, 0) is 16.1 Å². The third-order valence-corrected chi connectivity index (χ3v) is 3.58. The Hall–Kier alpha value is -2.28. The molecule has 0 aliphatic carbocycles. The van der Waals surface area contributed by atoms with E-state index in [9.17, 15) is 18.4 Å². The Morgan fingerprint density at radius 1 is 1.04 bits per heavy atom. The molecule has 23 heavy (non-hydrogen) atoms. The number of nitrogens with one attached hydrogen (secondary N) is 1. The topological polar surface area (TPSA) is 55.4 Å². The summed E-state index contributed by atoms with van der Waals surface area (Å²) in [6.45, 7) is -0.316. The summed E-state index contributed by atoms with van der Waals surface area (Å²) in [5.41, 5.74) is 0.704. The van der Waals surface area contributed by atoms with Gasteiger partial charge in [0, 0.05) is 11.0 Å². The molecule has 120 valence electrons. The second-order valence-corrected chi connectivity index (χ2v) is 5.46. The quantitative estimate of drug-likeness (QED) is 0.806. The van der Waals surface area contributed by atoms with Crippen molar-refractivity contribution < 1.29 is 23.1 Å². The fourth-order valence-corrected chi connectivity index (χ4v) is 2.13. The van der Waals surface area contributed by atoms with Crippen LogP contribution in [0.2, 0.25) is 0 Å². The molecule has 0 fully saturated rings. The molecule has 4 nitrogen and oxygen atoms in total. The molecular weight excluding hydrogens is 372 g/mol. The molecule has 0 spiro atoms. The van der Waals surface area contributed by atoms with E-state index >= 15 is 0 Å². The van der Waals surface area contributed by atoms with Gasteiger partial charge in [0.1, 0.15) is 11.6 Å². The lowest BCUT2D eigenvalue weighted by atomic mass is 10.2. The van der Waals surface area contributed by atoms with E-state index in [1.165, 1.54) is 36.4 Å². The lowest BCUT2D eigenvalue weighted by Crippen LogP contribution is -2.28. The number of hydrogen-bond donors (Lipinski definition) is 1. The summed E-state index contributed by atoms with van der Waals surface area (Å²) < 4.78 is 31.0. The van der Waals surface area contributed by atoms with Crippen LogP contribution in [0.1, 0.15) is 15.9 Å². The lowest BCUT2D eigenvalue weighted by molar-refractivity contribution is -0.124. The van der Waals surface area contributed by atoms with Crippen LogP contribution in [0.5, 0.6) is 0 Å². The number of carbonyl (C=O) groups excluding carboxylic acids is 2. The van der Waals surface area contributed by atoms with Gasteiger partial charge in [0.25, 0.3) is 5.91 Å². The highest BCUT2D eigenvalue weighted by Gasteiger charge is 2.14. The SMILES string of the molecule is O=C(COC(=O)c1cc(F)ccc1Br)NCc1ccc(F)cc1. The van der Waals surface area contributed by atoms with Crippen molar-refractivity contribution in [3.8, 4) is 0 Å². The van der Waals surface area contributed by atoms with Crippen molar-refractivity contribution in [1.29, 1.82) is 0 Å². The van der Waals surface area contributed by atoms with Gasteiger partial charge in [-0.25, -0.2) is 13.6 Å². The predicted octanol–water partition coefficient (Wildman–Crippen LogP) is 3.20. The normalized spacial score (nSPS) is 10.2. The molecular formula is C16H12BrF2NO3. The van der Waals surface area contributed by atoms with Crippen LogP contribution in [-0.4, -0.2) is 18.5 Å². The van der Waals surface area contributed by atoms with E-state index in [2.05, 4.69) is 21.2 Å². The van der Waals surface area contributed by atoms with Crippen LogP contribution >= 0.6 is 15.9 Å². The molecule has 1 N–H and O–H groups in total. The van der Waals surface area contributed by atoms with Gasteiger partial charge in [0.15, 0.2) is 6.61 Å². The Bertz CT molecular complexity index is 720. The summed E-state index contributed by atoms with van der Waals surface area (Å²) in [7, 11) is 0. The van der Waals surface area contributed by atoms with Crippen molar-refractivity contribution in [3.05, 3.63) is 69.7 Å². The highest BCUT2D eigenvalue weighted by Crippen LogP contribution is 2.18. The number of carbonyl (C=O) groups is 2. The van der Waals surface area contributed by atoms with E-state index in [4.69, 9.17) is 4.74 Å². The molecule has 0 heterocycles. The molecule has 0 saturated carbocycles. The first kappa shape index (κ1) is 17.1. The van der Waals surface area contributed by atoms with Crippen LogP contribution in [0, 0.1) is 11.6 Å². The van der Waals surface area contributed by atoms with Crippen LogP contribution in [0.25, 0.3) is 0 Å². The minimum atomic E-state index is -0.812. The van der Waals surface area contributed by atoms with Crippen molar-refractivity contribution >= 4 is 27.8 Å². The first-order valence-corrected chi connectivity index (χ1v) is 7.38. The molecule has 2 rings (SSSR count). The summed E-state index contributed by atoms with van der Waals surface area (Å²) in [6.07, 6.45) is 0. The summed E-state index contributed by atoms with van der Waals surface area (Å²) in [5, 5.41) is 2.53. The van der Waals surface area contributed by atoms with Crippen LogP contribution in [0.15, 0.2) is 46.9 Å². The van der Waals surface area contributed by atoms with Gasteiger partial charge in [-0.1, -0.05) is 12.1 Å². The third-order valence-electron chi connectivity index (χ3n) is 2.89. The van der Waals surface area contributed by atoms with E-state index in [0.717, 1.165) is 6.07 Å². The lowest BCUT2D eigenvalue weighted by Gasteiger charge is -2.08. The smallest absolute Gasteiger partial charge is 0.339 e. The first-order chi connectivity index (χ1) is 11.0. The first-order valence-electron chi connectivity index (χ1n) is 6.59. The summed E-state index contributed by atoms with van der Waals surface area (Å²) in [4.78, 5) is 23.4. The molecule has 1 amide bonds. The summed E-state index contributed by atoms with van der Waals surface area (Å²) >= 11 is 3.11. The maximum absolute atomic E-state index is 13.1. The van der Waals surface area contributed by atoms with Gasteiger partial charge < -0.3 is 10.1 Å². The molecule has 7 heteroatoms. The van der Waals surface area contributed by atoms with Gasteiger partial charge in [0.2, 0.25) is 0 Å². The Balaban J connectivity index is 1.83. The molecule has 2 aromatic rings. The maximum atomic E-state index is 13.1. The van der Waals surface area contributed by atoms with Gasteiger partial charge in [-0.15, -0.1) is 0 Å². The zero-order chi connectivity index (χ0) is 16.8. The molecule has 0 bridgehead atoms. The fraction of sp³-hybridized carbons (Fsp3) is 0.125. The van der Waals surface area contributed by atoms with E-state index in [1.54, 1.807) is 0 Å². The van der Waals surface area contributed by atoms with Crippen LogP contribution in [0.3, 0.4) is 0 Å². The van der Waals surface area contributed by atoms with E-state index in [0.29, 0.717) is 10.0 Å². The number of esters is 1. The van der Waals surface area contributed by atoms with Gasteiger partial charge in [-0.3, -0.25) is 4.79 Å². The molecule has 2 aromatic carbocycles. The van der Waals surface area contributed by atoms with E-state index in [1.807, 2.05) is 0 Å². The summed E-state index contributed by atoms with van der Waals surface area (Å²) in [6, 6.07) is 9.21. The predicted molar refractivity (Wildman–Crippen MR) is 82.6 cm³/mol. The molecule has 0 unspecified atom stereocenters. The minimum absolute atomic E-state index is 0.00339. The number of rotatable bonds is 5. The number of benzene rings is 2. The van der Waals surface area contributed by atoms with Gasteiger partial charge in [-0.2, -0.15) is 0 Å². The Labute approximate surface area is 139 Å². The monoisotopic (exact) mass is 383 g/mol. The second-order valence-electron chi connectivity index (χ2n) is 4.60. The van der Waals surface area contributed by atoms with Crippen molar-refractivity contribution in [3.63, 3.8) is 0 Å². The average Bonchev–Trinajstić information content (AvgIpc) is 2.54. The average molecular weight is 384 g/mol. The molecule has 0 aliphatic heterocycles. The minimum Gasteiger partial charge on any atom is -0.452 e. The van der Waals surface area contributed by atoms with E-state index in [-0.39, 0.29) is 17.9 Å². The molecule has 0 aliphatic rings. The van der Waals surface area contributed by atoms with Crippen LogP contribution in [0.4, 0.5) is 8.78 Å². The van der Waals surface area contributed by atoms with Crippen molar-refractivity contribution in [1.82, 2.24) is 5.32 Å². The fourth-order valence-electron chi connectivity index (χ4n) is 1.72. The molecule has 0 saturated heterocycles. The maximum Gasteiger partial charge on any atom is 0.339 e. The number of amides is 1. The Morgan fingerprint density at radius 2 is 1.70 bits per heavy atom. The largest absolute Gasteiger partial charge is 0.452 e. The number of hydrogen-bond acceptors (Lipinski definition) is 3. The van der Waals surface area contributed by atoms with Crippen LogP contribution < -0.4 is 5.32 Å². The van der Waals surface area contributed by atoms with Gasteiger partial charge >= 0.3 is 5.97 Å². The number of ether oxygens (including phenoxy) is 1. The standard InChI is InChI=1S/C16H12BrF2NO3/c17-14-6-5-12(19)7-13(14)16(22)23-9-15(21)20-8-10-1-3-11(18)4-2-10/h1-7H,8-9H2,(H,20,21). The highest BCUT2D eigenvalue weighted by atomic mass is 79.9. The van der Waals surface area contributed by atoms with Crippen molar-refractivity contribution in [2.24, 2.45) is 0 Å². The molecule has 0 atom stereocenters. The molecule has 0 radical (unpaired) electrons. The molecule has 0 aromatic heterocycles. The zero-order valence-corrected chi connectivity index (χ0v) is 13.4. The van der Waals surface area contributed by atoms with E-state index < -0.39 is 24.3 Å². The van der Waals surface area contributed by atoms with Gasteiger partial charge in [0.05, 0.1) is 5.56 Å². The van der Waals surface area contributed by atoms with Crippen molar-refractivity contribution in [2.45, 2.75) is 6.54 Å². The second kappa shape index (κ2) is 7.82. The zero-order valence-electron chi connectivity index (χ0n) is 11.8.